The van der Waals surface area contributed by atoms with Gasteiger partial charge in [0.05, 0.1) is 0 Å². The molecule has 2 N–H and O–H groups in total. The van der Waals surface area contributed by atoms with Crippen LogP contribution in [0.15, 0.2) is 51.4 Å². The van der Waals surface area contributed by atoms with Crippen LogP contribution in [-0.4, -0.2) is 0 Å². The minimum absolute atomic E-state index is 0.447. The number of rotatable bonds is 3. The largest absolute Gasteiger partial charge is 0.457 e. The van der Waals surface area contributed by atoms with E-state index in [2.05, 4.69) is 31.9 Å². The lowest BCUT2D eigenvalue weighted by molar-refractivity contribution is 0.476. The van der Waals surface area contributed by atoms with Gasteiger partial charge >= 0.3 is 0 Å². The molecule has 0 unspecified atom stereocenters. The van der Waals surface area contributed by atoms with Crippen molar-refractivity contribution in [3.8, 4) is 11.5 Å². The van der Waals surface area contributed by atoms with Gasteiger partial charge in [0.25, 0.3) is 0 Å². The Kier molecular flexibility index (Phi) is 4.20. The summed E-state index contributed by atoms with van der Waals surface area (Å²) in [6.45, 7) is 0.447. The molecule has 0 aromatic heterocycles. The van der Waals surface area contributed by atoms with Crippen molar-refractivity contribution < 1.29 is 4.74 Å². The summed E-state index contributed by atoms with van der Waals surface area (Å²) >= 11 is 6.83. The highest BCUT2D eigenvalue weighted by molar-refractivity contribution is 9.10. The molecule has 0 saturated heterocycles. The minimum atomic E-state index is 0.447. The molecule has 0 spiro atoms. The Balaban J connectivity index is 2.29. The maximum Gasteiger partial charge on any atom is 0.131 e. The number of ether oxygens (including phenoxy) is 1. The Morgan fingerprint density at radius 2 is 1.76 bits per heavy atom. The van der Waals surface area contributed by atoms with E-state index in [1.165, 1.54) is 0 Å². The average molecular weight is 357 g/mol. The monoisotopic (exact) mass is 355 g/mol. The lowest BCUT2D eigenvalue weighted by Gasteiger charge is -2.10. The van der Waals surface area contributed by atoms with E-state index < -0.39 is 0 Å². The second-order valence-electron chi connectivity index (χ2n) is 3.52. The van der Waals surface area contributed by atoms with Crippen molar-refractivity contribution in [2.24, 2.45) is 5.73 Å². The van der Waals surface area contributed by atoms with Gasteiger partial charge in [-0.2, -0.15) is 0 Å². The molecule has 17 heavy (non-hydrogen) atoms. The number of halogens is 2. The lowest BCUT2D eigenvalue weighted by atomic mass is 10.2. The Bertz CT molecular complexity index is 529. The van der Waals surface area contributed by atoms with Crippen LogP contribution in [0.1, 0.15) is 5.56 Å². The van der Waals surface area contributed by atoms with Crippen LogP contribution in [0.3, 0.4) is 0 Å². The Morgan fingerprint density at radius 3 is 2.47 bits per heavy atom. The van der Waals surface area contributed by atoms with Crippen molar-refractivity contribution in [3.05, 3.63) is 57.0 Å². The molecule has 0 saturated carbocycles. The molecule has 2 aromatic carbocycles. The molecule has 0 aliphatic heterocycles. The van der Waals surface area contributed by atoms with Gasteiger partial charge in [0.2, 0.25) is 0 Å². The standard InChI is InChI=1S/C13H11Br2NO/c14-10-2-1-3-12(7-10)17-13-5-4-11(15)6-9(13)8-16/h1-7H,8,16H2. The van der Waals surface area contributed by atoms with E-state index in [9.17, 15) is 0 Å². The molecule has 2 nitrogen and oxygen atoms in total. The van der Waals surface area contributed by atoms with E-state index >= 15 is 0 Å². The first kappa shape index (κ1) is 12.6. The quantitative estimate of drug-likeness (QED) is 0.880. The van der Waals surface area contributed by atoms with Crippen LogP contribution >= 0.6 is 31.9 Å². The maximum absolute atomic E-state index is 5.81. The summed E-state index contributed by atoms with van der Waals surface area (Å²) in [6.07, 6.45) is 0. The number of nitrogens with two attached hydrogens (primary N) is 1. The number of hydrogen-bond donors (Lipinski definition) is 1. The smallest absolute Gasteiger partial charge is 0.131 e. The zero-order valence-corrected chi connectivity index (χ0v) is 12.2. The third-order valence-corrected chi connectivity index (χ3v) is 3.25. The number of hydrogen-bond acceptors (Lipinski definition) is 2. The van der Waals surface area contributed by atoms with Crippen LogP contribution in [0, 0.1) is 0 Å². The van der Waals surface area contributed by atoms with E-state index in [1.54, 1.807) is 0 Å². The van der Waals surface area contributed by atoms with Gasteiger partial charge in [-0.3, -0.25) is 0 Å². The molecular formula is C13H11Br2NO. The third kappa shape index (κ3) is 3.31. The predicted molar refractivity (Wildman–Crippen MR) is 76.2 cm³/mol. The van der Waals surface area contributed by atoms with Gasteiger partial charge in [0.15, 0.2) is 0 Å². The normalized spacial score (nSPS) is 10.3. The molecule has 2 aromatic rings. The molecule has 0 aliphatic carbocycles. The molecule has 0 heterocycles. The van der Waals surface area contributed by atoms with E-state index in [-0.39, 0.29) is 0 Å². The first-order chi connectivity index (χ1) is 8.19. The summed E-state index contributed by atoms with van der Waals surface area (Å²) in [4.78, 5) is 0. The molecule has 0 radical (unpaired) electrons. The molecule has 0 bridgehead atoms. The zero-order chi connectivity index (χ0) is 12.3. The van der Waals surface area contributed by atoms with Crippen molar-refractivity contribution >= 4 is 31.9 Å². The highest BCUT2D eigenvalue weighted by atomic mass is 79.9. The average Bonchev–Trinajstić information content (AvgIpc) is 2.31. The molecule has 2 rings (SSSR count). The summed E-state index contributed by atoms with van der Waals surface area (Å²) in [5, 5.41) is 0. The predicted octanol–water partition coefficient (Wildman–Crippen LogP) is 4.46. The van der Waals surface area contributed by atoms with Crippen LogP contribution in [0.4, 0.5) is 0 Å². The van der Waals surface area contributed by atoms with Crippen molar-refractivity contribution in [2.75, 3.05) is 0 Å². The van der Waals surface area contributed by atoms with E-state index in [0.717, 1.165) is 26.0 Å². The highest BCUT2D eigenvalue weighted by Crippen LogP contribution is 2.29. The van der Waals surface area contributed by atoms with Gasteiger partial charge in [-0.1, -0.05) is 37.9 Å². The summed E-state index contributed by atoms with van der Waals surface area (Å²) in [5.74, 6) is 1.57. The fourth-order valence-corrected chi connectivity index (χ4v) is 2.25. The SMILES string of the molecule is NCc1cc(Br)ccc1Oc1cccc(Br)c1. The molecule has 0 amide bonds. The minimum Gasteiger partial charge on any atom is -0.457 e. The van der Waals surface area contributed by atoms with E-state index in [0.29, 0.717) is 6.54 Å². The Hall–Kier alpha value is -0.840. The van der Waals surface area contributed by atoms with Gasteiger partial charge in [-0.15, -0.1) is 0 Å². The molecule has 0 aliphatic rings. The summed E-state index contributed by atoms with van der Waals surface area (Å²) in [5.41, 5.74) is 6.66. The molecule has 0 atom stereocenters. The number of benzene rings is 2. The maximum atomic E-state index is 5.81. The Labute approximate surface area is 117 Å². The topological polar surface area (TPSA) is 35.2 Å². The van der Waals surface area contributed by atoms with Gasteiger partial charge in [-0.05, 0) is 36.4 Å². The third-order valence-electron chi connectivity index (χ3n) is 2.27. The van der Waals surface area contributed by atoms with Crippen molar-refractivity contribution in [3.63, 3.8) is 0 Å². The van der Waals surface area contributed by atoms with Gasteiger partial charge < -0.3 is 10.5 Å². The molecule has 88 valence electrons. The fourth-order valence-electron chi connectivity index (χ4n) is 1.46. The fraction of sp³-hybridized carbons (Fsp3) is 0.0769. The van der Waals surface area contributed by atoms with Gasteiger partial charge in [0.1, 0.15) is 11.5 Å². The van der Waals surface area contributed by atoms with Crippen molar-refractivity contribution in [1.29, 1.82) is 0 Å². The van der Waals surface area contributed by atoms with Crippen molar-refractivity contribution in [1.82, 2.24) is 0 Å². The molecule has 4 heteroatoms. The summed E-state index contributed by atoms with van der Waals surface area (Å²) in [7, 11) is 0. The lowest BCUT2D eigenvalue weighted by Crippen LogP contribution is -1.99. The molecule has 0 fully saturated rings. The van der Waals surface area contributed by atoms with Crippen molar-refractivity contribution in [2.45, 2.75) is 6.54 Å². The second kappa shape index (κ2) is 5.67. The van der Waals surface area contributed by atoms with Crippen LogP contribution in [0.2, 0.25) is 0 Å². The van der Waals surface area contributed by atoms with Crippen LogP contribution in [-0.2, 0) is 6.54 Å². The first-order valence-corrected chi connectivity index (χ1v) is 6.69. The van der Waals surface area contributed by atoms with Gasteiger partial charge in [-0.25, -0.2) is 0 Å². The van der Waals surface area contributed by atoms with Crippen LogP contribution in [0.5, 0.6) is 11.5 Å². The first-order valence-electron chi connectivity index (χ1n) is 5.11. The van der Waals surface area contributed by atoms with Crippen LogP contribution < -0.4 is 10.5 Å². The molecular weight excluding hydrogens is 346 g/mol. The van der Waals surface area contributed by atoms with E-state index in [4.69, 9.17) is 10.5 Å². The summed E-state index contributed by atoms with van der Waals surface area (Å²) in [6, 6.07) is 13.5. The highest BCUT2D eigenvalue weighted by Gasteiger charge is 2.04. The van der Waals surface area contributed by atoms with Gasteiger partial charge in [0, 0.05) is 21.1 Å². The zero-order valence-electron chi connectivity index (χ0n) is 8.99. The van der Waals surface area contributed by atoms with Crippen LogP contribution in [0.25, 0.3) is 0 Å². The second-order valence-corrected chi connectivity index (χ2v) is 5.35. The Morgan fingerprint density at radius 1 is 1.00 bits per heavy atom. The summed E-state index contributed by atoms with van der Waals surface area (Å²) < 4.78 is 7.79. The van der Waals surface area contributed by atoms with E-state index in [1.807, 2.05) is 42.5 Å².